The second-order valence-corrected chi connectivity index (χ2v) is 7.52. The maximum atomic E-state index is 6.48. The van der Waals surface area contributed by atoms with E-state index in [1.54, 1.807) is 0 Å². The van der Waals surface area contributed by atoms with Crippen LogP contribution in [0.15, 0.2) is 33.2 Å². The number of thiophene rings is 1. The van der Waals surface area contributed by atoms with Crippen LogP contribution in [0.25, 0.3) is 0 Å². The van der Waals surface area contributed by atoms with Gasteiger partial charge in [-0.05, 0) is 42.3 Å². The van der Waals surface area contributed by atoms with E-state index in [1.807, 2.05) is 25.1 Å². The molecular formula is C12H8Br2Cl2S. The molecule has 1 aromatic carbocycles. The molecule has 0 aliphatic heterocycles. The number of alkyl halides is 1. The molecule has 5 heteroatoms. The van der Waals surface area contributed by atoms with Crippen molar-refractivity contribution in [2.24, 2.45) is 0 Å². The van der Waals surface area contributed by atoms with E-state index >= 15 is 0 Å². The van der Waals surface area contributed by atoms with Crippen molar-refractivity contribution in [3.05, 3.63) is 53.6 Å². The molecule has 0 aliphatic rings. The first-order valence-corrected chi connectivity index (χ1v) is 8.05. The minimum Gasteiger partial charge on any atom is -0.127 e. The maximum Gasteiger partial charge on any atom is 0.0939 e. The summed E-state index contributed by atoms with van der Waals surface area (Å²) in [5, 5.41) is -0.182. The molecule has 0 saturated carbocycles. The van der Waals surface area contributed by atoms with E-state index in [4.69, 9.17) is 23.2 Å². The molecule has 1 heterocycles. The van der Waals surface area contributed by atoms with E-state index in [1.165, 1.54) is 16.9 Å². The van der Waals surface area contributed by atoms with Gasteiger partial charge >= 0.3 is 0 Å². The van der Waals surface area contributed by atoms with Crippen LogP contribution in [-0.4, -0.2) is 0 Å². The molecule has 17 heavy (non-hydrogen) atoms. The molecule has 0 nitrogen and oxygen atoms in total. The van der Waals surface area contributed by atoms with Crippen molar-refractivity contribution in [3.63, 3.8) is 0 Å². The van der Waals surface area contributed by atoms with Gasteiger partial charge in [0.25, 0.3) is 0 Å². The molecule has 1 unspecified atom stereocenters. The van der Waals surface area contributed by atoms with Crippen molar-refractivity contribution in [2.45, 2.75) is 12.3 Å². The highest BCUT2D eigenvalue weighted by Gasteiger charge is 2.17. The van der Waals surface area contributed by atoms with Crippen molar-refractivity contribution in [1.82, 2.24) is 0 Å². The fourth-order valence-electron chi connectivity index (χ4n) is 1.47. The van der Waals surface area contributed by atoms with E-state index in [-0.39, 0.29) is 5.38 Å². The largest absolute Gasteiger partial charge is 0.127 e. The first-order valence-electron chi connectivity index (χ1n) is 4.84. The molecular weight excluding hydrogens is 407 g/mol. The third-order valence-electron chi connectivity index (χ3n) is 2.39. The summed E-state index contributed by atoms with van der Waals surface area (Å²) in [6.07, 6.45) is 0. The van der Waals surface area contributed by atoms with Crippen molar-refractivity contribution < 1.29 is 0 Å². The molecule has 90 valence electrons. The van der Waals surface area contributed by atoms with Gasteiger partial charge in [0.2, 0.25) is 0 Å². The van der Waals surface area contributed by atoms with Gasteiger partial charge in [-0.1, -0.05) is 43.5 Å². The quantitative estimate of drug-likeness (QED) is 0.488. The molecule has 0 bridgehead atoms. The predicted octanol–water partition coefficient (Wildman–Crippen LogP) is 6.56. The van der Waals surface area contributed by atoms with Crippen molar-refractivity contribution >= 4 is 66.4 Å². The van der Waals surface area contributed by atoms with Crippen LogP contribution < -0.4 is 0 Å². The molecule has 1 atom stereocenters. The lowest BCUT2D eigenvalue weighted by Crippen LogP contribution is -1.93. The molecule has 0 aliphatic carbocycles. The highest BCUT2D eigenvalue weighted by atomic mass is 79.9. The molecule has 0 spiro atoms. The van der Waals surface area contributed by atoms with Gasteiger partial charge in [0.05, 0.1) is 9.71 Å². The minimum absolute atomic E-state index is 0.182. The van der Waals surface area contributed by atoms with Crippen LogP contribution in [0.2, 0.25) is 4.34 Å². The summed E-state index contributed by atoms with van der Waals surface area (Å²) >= 11 is 21.0. The van der Waals surface area contributed by atoms with Crippen LogP contribution in [0.3, 0.4) is 0 Å². The van der Waals surface area contributed by atoms with Crippen LogP contribution in [0.5, 0.6) is 0 Å². The normalized spacial score (nSPS) is 12.8. The van der Waals surface area contributed by atoms with Crippen LogP contribution in [0, 0.1) is 6.92 Å². The zero-order valence-corrected chi connectivity index (χ0v) is 14.3. The molecule has 1 aromatic heterocycles. The first-order chi connectivity index (χ1) is 7.99. The number of hydrogen-bond donors (Lipinski definition) is 0. The molecule has 2 rings (SSSR count). The first kappa shape index (κ1) is 13.9. The smallest absolute Gasteiger partial charge is 0.0939 e. The fraction of sp³-hybridized carbons (Fsp3) is 0.167. The third-order valence-corrected chi connectivity index (χ3v) is 5.83. The standard InChI is InChI=1S/C12H8Br2Cl2S/c1-6-4-9(14)7(5-8(6)13)12(16)10-2-3-11(15)17-10/h2-5,12H,1H3. The van der Waals surface area contributed by atoms with Gasteiger partial charge in [-0.15, -0.1) is 22.9 Å². The Morgan fingerprint density at radius 3 is 2.47 bits per heavy atom. The average molecular weight is 415 g/mol. The molecule has 0 saturated heterocycles. The van der Waals surface area contributed by atoms with Crippen LogP contribution in [0.4, 0.5) is 0 Å². The number of hydrogen-bond acceptors (Lipinski definition) is 1. The lowest BCUT2D eigenvalue weighted by Gasteiger charge is -2.12. The summed E-state index contributed by atoms with van der Waals surface area (Å²) in [5.74, 6) is 0. The van der Waals surface area contributed by atoms with Crippen molar-refractivity contribution in [2.75, 3.05) is 0 Å². The summed E-state index contributed by atoms with van der Waals surface area (Å²) in [4.78, 5) is 1.05. The van der Waals surface area contributed by atoms with E-state index in [0.29, 0.717) is 0 Å². The topological polar surface area (TPSA) is 0 Å². The molecule has 0 amide bonds. The summed E-state index contributed by atoms with van der Waals surface area (Å²) < 4.78 is 2.83. The Labute approximate surface area is 131 Å². The Morgan fingerprint density at radius 2 is 1.88 bits per heavy atom. The van der Waals surface area contributed by atoms with Crippen molar-refractivity contribution in [1.29, 1.82) is 0 Å². The average Bonchev–Trinajstić information content (AvgIpc) is 2.69. The number of aryl methyl sites for hydroxylation is 1. The third kappa shape index (κ3) is 3.07. The number of halogens is 4. The number of rotatable bonds is 2. The maximum absolute atomic E-state index is 6.48. The van der Waals surface area contributed by atoms with E-state index < -0.39 is 0 Å². The molecule has 0 N–H and O–H groups in total. The highest BCUT2D eigenvalue weighted by Crippen LogP contribution is 2.40. The van der Waals surface area contributed by atoms with Gasteiger partial charge in [-0.2, -0.15) is 0 Å². The SMILES string of the molecule is Cc1cc(Br)c(C(Cl)c2ccc(Cl)s2)cc1Br. The minimum atomic E-state index is -0.182. The summed E-state index contributed by atoms with van der Waals surface area (Å²) in [5.41, 5.74) is 2.22. The Morgan fingerprint density at radius 1 is 1.18 bits per heavy atom. The Kier molecular flexibility index (Phi) is 4.59. The second-order valence-electron chi connectivity index (χ2n) is 3.63. The summed E-state index contributed by atoms with van der Waals surface area (Å²) in [6.45, 7) is 2.05. The van der Waals surface area contributed by atoms with Gasteiger partial charge in [0.1, 0.15) is 0 Å². The van der Waals surface area contributed by atoms with Crippen LogP contribution >= 0.6 is 66.4 Å². The monoisotopic (exact) mass is 412 g/mol. The van der Waals surface area contributed by atoms with Gasteiger partial charge in [-0.3, -0.25) is 0 Å². The second kappa shape index (κ2) is 5.62. The highest BCUT2D eigenvalue weighted by molar-refractivity contribution is 9.11. The van der Waals surface area contributed by atoms with Crippen LogP contribution in [-0.2, 0) is 0 Å². The fourth-order valence-corrected chi connectivity index (χ4v) is 4.10. The van der Waals surface area contributed by atoms with Gasteiger partial charge in [0, 0.05) is 13.8 Å². The lowest BCUT2D eigenvalue weighted by molar-refractivity contribution is 1.15. The number of benzene rings is 1. The Balaban J connectivity index is 2.43. The zero-order valence-electron chi connectivity index (χ0n) is 8.81. The lowest BCUT2D eigenvalue weighted by atomic mass is 10.1. The van der Waals surface area contributed by atoms with E-state index in [2.05, 4.69) is 37.9 Å². The molecule has 0 radical (unpaired) electrons. The zero-order chi connectivity index (χ0) is 12.6. The predicted molar refractivity (Wildman–Crippen MR) is 83.6 cm³/mol. The Hall–Kier alpha value is 0.460. The van der Waals surface area contributed by atoms with Gasteiger partial charge in [0.15, 0.2) is 0 Å². The molecule has 0 fully saturated rings. The van der Waals surface area contributed by atoms with E-state index in [0.717, 1.165) is 23.7 Å². The molecule has 2 aromatic rings. The van der Waals surface area contributed by atoms with E-state index in [9.17, 15) is 0 Å². The van der Waals surface area contributed by atoms with Gasteiger partial charge < -0.3 is 0 Å². The summed E-state index contributed by atoms with van der Waals surface area (Å²) in [7, 11) is 0. The van der Waals surface area contributed by atoms with Gasteiger partial charge in [-0.25, -0.2) is 0 Å². The van der Waals surface area contributed by atoms with Crippen LogP contribution in [0.1, 0.15) is 21.4 Å². The summed E-state index contributed by atoms with van der Waals surface area (Å²) in [6, 6.07) is 7.94. The van der Waals surface area contributed by atoms with Crippen molar-refractivity contribution in [3.8, 4) is 0 Å². The Bertz CT molecular complexity index is 551.